The highest BCUT2D eigenvalue weighted by molar-refractivity contribution is 5.83. The lowest BCUT2D eigenvalue weighted by Crippen LogP contribution is -1.83. The van der Waals surface area contributed by atoms with Crippen LogP contribution in [0.25, 0.3) is 0 Å². The average Bonchev–Trinajstić information content (AvgIpc) is 1.84. The van der Waals surface area contributed by atoms with E-state index >= 15 is 0 Å². The molecule has 7 heteroatoms. The van der Waals surface area contributed by atoms with Crippen LogP contribution >= 0.6 is 0 Å². The fourth-order valence-corrected chi connectivity index (χ4v) is 0. The van der Waals surface area contributed by atoms with Crippen molar-refractivity contribution in [1.82, 2.24) is 0 Å². The summed E-state index contributed by atoms with van der Waals surface area (Å²) in [5, 5.41) is 29.5. The van der Waals surface area contributed by atoms with Gasteiger partial charge in [0.25, 0.3) is 11.9 Å². The van der Waals surface area contributed by atoms with Crippen LogP contribution in [0.1, 0.15) is 15.3 Å². The average molecular weight is 193 g/mol. The zero-order valence-electron chi connectivity index (χ0n) is 7.01. The zero-order valence-corrected chi connectivity index (χ0v) is 7.01. The van der Waals surface area contributed by atoms with Crippen molar-refractivity contribution >= 4 is 17.9 Å². The van der Waals surface area contributed by atoms with Crippen molar-refractivity contribution in [1.29, 1.82) is 5.26 Å². The Labute approximate surface area is 75.3 Å². The van der Waals surface area contributed by atoms with Crippen LogP contribution in [-0.4, -0.2) is 33.2 Å². The van der Waals surface area contributed by atoms with Crippen LogP contribution in [0.2, 0.25) is 0 Å². The Bertz CT molecular complexity index is 201. The van der Waals surface area contributed by atoms with Crippen LogP contribution in [0.15, 0.2) is 0 Å². The van der Waals surface area contributed by atoms with Gasteiger partial charge in [0.15, 0.2) is 6.07 Å². The number of carboxylic acids is 3. The molecule has 0 aromatic heterocycles. The third-order valence-electron chi connectivity index (χ3n) is 0.0956. The fraction of sp³-hybridized carbons (Fsp3) is 0.333. The molecule has 0 atom stereocenters. The van der Waals surface area contributed by atoms with Crippen LogP contribution in [0.4, 0.5) is 0 Å². The largest absolute Gasteiger partial charge is 0.481 e. The van der Waals surface area contributed by atoms with Gasteiger partial charge < -0.3 is 15.3 Å². The maximum absolute atomic E-state index is 9.01. The number of nitriles is 1. The molecule has 0 saturated carbocycles. The van der Waals surface area contributed by atoms with E-state index < -0.39 is 17.9 Å². The summed E-state index contributed by atoms with van der Waals surface area (Å²) >= 11 is 0. The first-order valence-electron chi connectivity index (χ1n) is 2.76. The molecule has 13 heavy (non-hydrogen) atoms. The summed E-state index contributed by atoms with van der Waals surface area (Å²) in [6.45, 7) is 2.17. The second-order valence-electron chi connectivity index (χ2n) is 1.45. The number of hydrogen-bond acceptors (Lipinski definition) is 4. The van der Waals surface area contributed by atoms with Gasteiger partial charge >= 0.3 is 5.97 Å². The number of hydrogen-bond donors (Lipinski definition) is 3. The molecule has 0 radical (unpaired) electrons. The van der Waals surface area contributed by atoms with E-state index in [-0.39, 0.29) is 1.43 Å². The van der Waals surface area contributed by atoms with Crippen molar-refractivity contribution in [3.63, 3.8) is 0 Å². The van der Waals surface area contributed by atoms with E-state index in [4.69, 9.17) is 35.0 Å². The Morgan fingerprint density at radius 1 is 1.08 bits per heavy atom. The summed E-state index contributed by atoms with van der Waals surface area (Å²) in [6, 6.07) is 0.944. The molecule has 0 aromatic carbocycles. The molecule has 0 unspecified atom stereocenters. The minimum atomic E-state index is -1.44. The van der Waals surface area contributed by atoms with E-state index in [0.717, 1.165) is 19.9 Å². The van der Waals surface area contributed by atoms with Crippen molar-refractivity contribution in [3.05, 3.63) is 0 Å². The summed E-state index contributed by atoms with van der Waals surface area (Å²) < 4.78 is 0. The molecule has 76 valence electrons. The van der Waals surface area contributed by atoms with Crippen LogP contribution in [0.5, 0.6) is 0 Å². The Kier molecular flexibility index (Phi) is 16.5. The normalized spacial score (nSPS) is 5.92. The summed E-state index contributed by atoms with van der Waals surface area (Å²) in [7, 11) is 0. The smallest absolute Gasteiger partial charge is 0.408 e. The highest BCUT2D eigenvalue weighted by Gasteiger charge is 1.79. The Morgan fingerprint density at radius 2 is 1.15 bits per heavy atom. The molecule has 0 rings (SSSR count). The first-order chi connectivity index (χ1) is 5.73. The third kappa shape index (κ3) is 61800. The molecular weight excluding hydrogens is 182 g/mol. The molecule has 0 aliphatic heterocycles. The maximum Gasteiger partial charge on any atom is 0.408 e. The number of carbonyl (C=O) groups is 3. The van der Waals surface area contributed by atoms with E-state index in [2.05, 4.69) is 0 Å². The summed E-state index contributed by atoms with van der Waals surface area (Å²) in [6.07, 6.45) is 0. The third-order valence-corrected chi connectivity index (χ3v) is 0.0956. The van der Waals surface area contributed by atoms with Crippen molar-refractivity contribution in [2.24, 2.45) is 0 Å². The Morgan fingerprint density at radius 3 is 1.15 bits per heavy atom. The topological polar surface area (TPSA) is 136 Å². The Balaban J connectivity index is -0.0000000522. The minimum Gasteiger partial charge on any atom is -0.481 e. The van der Waals surface area contributed by atoms with Gasteiger partial charge in [-0.3, -0.25) is 9.59 Å². The number of carboxylic acid groups (broad SMARTS) is 3. The van der Waals surface area contributed by atoms with Gasteiger partial charge in [0.1, 0.15) is 0 Å². The molecule has 0 bridgehead atoms. The molecule has 0 amide bonds. The van der Waals surface area contributed by atoms with Crippen LogP contribution < -0.4 is 0 Å². The predicted octanol–water partition coefficient (Wildman–Crippen LogP) is 0.0224. The molecule has 7 nitrogen and oxygen atoms in total. The van der Waals surface area contributed by atoms with Gasteiger partial charge in [0.2, 0.25) is 0 Å². The molecule has 0 aliphatic carbocycles. The molecule has 0 spiro atoms. The number of rotatable bonds is 0. The quantitative estimate of drug-likeness (QED) is 0.364. The van der Waals surface area contributed by atoms with Crippen LogP contribution in [0, 0.1) is 11.3 Å². The lowest BCUT2D eigenvalue weighted by molar-refractivity contribution is -0.135. The van der Waals surface area contributed by atoms with Crippen molar-refractivity contribution in [2.75, 3.05) is 0 Å². The standard InChI is InChI=1S/C2HNO2.2C2H4O2.H2/c3-1-2(4)5;2*1-2(3)4;/h(H,4,5);2*1H3,(H,3,4);1H. The zero-order chi connectivity index (χ0) is 11.4. The van der Waals surface area contributed by atoms with Crippen molar-refractivity contribution in [3.8, 4) is 6.07 Å². The Hall–Kier alpha value is -2.10. The van der Waals surface area contributed by atoms with Gasteiger partial charge in [-0.05, 0) is 0 Å². The van der Waals surface area contributed by atoms with Gasteiger partial charge in [-0.15, -0.1) is 0 Å². The van der Waals surface area contributed by atoms with E-state index in [0.29, 0.717) is 0 Å². The molecule has 0 fully saturated rings. The lowest BCUT2D eigenvalue weighted by atomic mass is 10.8. The molecule has 0 aromatic rings. The van der Waals surface area contributed by atoms with Crippen molar-refractivity contribution < 1.29 is 31.1 Å². The van der Waals surface area contributed by atoms with Gasteiger partial charge in [-0.25, -0.2) is 4.79 Å². The highest BCUT2D eigenvalue weighted by Crippen LogP contribution is 1.44. The fourth-order valence-electron chi connectivity index (χ4n) is 0. The lowest BCUT2D eigenvalue weighted by Gasteiger charge is -1.59. The first kappa shape index (κ1) is 17.1. The summed E-state index contributed by atoms with van der Waals surface area (Å²) in [4.78, 5) is 27.0. The van der Waals surface area contributed by atoms with E-state index in [9.17, 15) is 0 Å². The second-order valence-corrected chi connectivity index (χ2v) is 1.45. The van der Waals surface area contributed by atoms with E-state index in [1.165, 1.54) is 0 Å². The maximum atomic E-state index is 9.01. The molecule has 0 saturated heterocycles. The van der Waals surface area contributed by atoms with Gasteiger partial charge in [-0.1, -0.05) is 0 Å². The minimum absolute atomic E-state index is 0. The SMILES string of the molecule is CC(=O)O.CC(=O)O.N#CC(=O)O.[HH]. The molecular formula is C6H11NO6. The van der Waals surface area contributed by atoms with Crippen LogP contribution in [-0.2, 0) is 14.4 Å². The summed E-state index contributed by atoms with van der Waals surface area (Å²) in [5.41, 5.74) is 0. The van der Waals surface area contributed by atoms with Crippen molar-refractivity contribution in [2.45, 2.75) is 13.8 Å². The monoisotopic (exact) mass is 193 g/mol. The second kappa shape index (κ2) is 12.6. The molecule has 0 aliphatic rings. The highest BCUT2D eigenvalue weighted by atomic mass is 16.4. The van der Waals surface area contributed by atoms with E-state index in [1.807, 2.05) is 0 Å². The van der Waals surface area contributed by atoms with Gasteiger partial charge in [-0.2, -0.15) is 5.26 Å². The van der Waals surface area contributed by atoms with Crippen LogP contribution in [0.3, 0.4) is 0 Å². The molecule has 0 heterocycles. The molecule has 3 N–H and O–H groups in total. The first-order valence-corrected chi connectivity index (χ1v) is 2.76. The van der Waals surface area contributed by atoms with E-state index in [1.54, 1.807) is 0 Å². The van der Waals surface area contributed by atoms with Gasteiger partial charge in [0, 0.05) is 15.3 Å². The predicted molar refractivity (Wildman–Crippen MR) is 42.0 cm³/mol. The number of nitrogens with zero attached hydrogens (tertiary/aromatic N) is 1. The number of aliphatic carboxylic acids is 3. The summed E-state index contributed by atoms with van der Waals surface area (Å²) in [5.74, 6) is -3.11. The van der Waals surface area contributed by atoms with Gasteiger partial charge in [0.05, 0.1) is 0 Å².